The zero-order chi connectivity index (χ0) is 14.7. The van der Waals surface area contributed by atoms with Gasteiger partial charge in [-0.2, -0.15) is 0 Å². The Kier molecular flexibility index (Phi) is 4.14. The summed E-state index contributed by atoms with van der Waals surface area (Å²) in [5.41, 5.74) is 2.66. The molecule has 2 aromatic rings. The molecule has 1 saturated carbocycles. The summed E-state index contributed by atoms with van der Waals surface area (Å²) in [6.07, 6.45) is 6.12. The Balaban J connectivity index is 1.80. The van der Waals surface area contributed by atoms with E-state index in [1.807, 2.05) is 0 Å². The molecule has 0 saturated heterocycles. The van der Waals surface area contributed by atoms with Crippen molar-refractivity contribution in [3.63, 3.8) is 0 Å². The Morgan fingerprint density at radius 2 is 1.00 bits per heavy atom. The summed E-state index contributed by atoms with van der Waals surface area (Å²) in [4.78, 5) is 0. The molecule has 2 unspecified atom stereocenters. The number of rotatable bonds is 2. The van der Waals surface area contributed by atoms with Gasteiger partial charge in [-0.15, -0.1) is 0 Å². The molecule has 0 radical (unpaired) electrons. The summed E-state index contributed by atoms with van der Waals surface area (Å²) in [7, 11) is 0. The largest absolute Gasteiger partial charge is 0.508 e. The second-order valence-electron chi connectivity index (χ2n) is 6.10. The van der Waals surface area contributed by atoms with Crippen LogP contribution in [0.15, 0.2) is 48.5 Å². The Bertz CT molecular complexity index is 518. The average molecular weight is 282 g/mol. The molecule has 0 heterocycles. The van der Waals surface area contributed by atoms with E-state index < -0.39 is 0 Å². The van der Waals surface area contributed by atoms with Crippen molar-refractivity contribution < 1.29 is 10.2 Å². The lowest BCUT2D eigenvalue weighted by molar-refractivity contribution is 0.473. The molecule has 2 N–H and O–H groups in total. The van der Waals surface area contributed by atoms with Crippen molar-refractivity contribution in [3.8, 4) is 11.5 Å². The highest BCUT2D eigenvalue weighted by molar-refractivity contribution is 5.31. The standard InChI is InChI=1S/C19H22O2/c20-18-9-5-14(6-10-18)16-3-1-2-4-17(13-16)15-7-11-19(21)12-8-15/h5-12,16-17,20-21H,1-4,13H2. The number of hydrogen-bond donors (Lipinski definition) is 2. The van der Waals surface area contributed by atoms with Crippen molar-refractivity contribution in [1.82, 2.24) is 0 Å². The Hall–Kier alpha value is -1.96. The van der Waals surface area contributed by atoms with E-state index in [0.29, 0.717) is 23.3 Å². The maximum absolute atomic E-state index is 9.44. The minimum atomic E-state index is 0.336. The van der Waals surface area contributed by atoms with Crippen LogP contribution in [-0.2, 0) is 0 Å². The molecule has 1 aliphatic rings. The van der Waals surface area contributed by atoms with Crippen molar-refractivity contribution >= 4 is 0 Å². The van der Waals surface area contributed by atoms with Gasteiger partial charge in [0.1, 0.15) is 11.5 Å². The Labute approximate surface area is 126 Å². The molecule has 0 amide bonds. The Morgan fingerprint density at radius 3 is 1.38 bits per heavy atom. The van der Waals surface area contributed by atoms with Crippen molar-refractivity contribution in [1.29, 1.82) is 0 Å². The lowest BCUT2D eigenvalue weighted by Crippen LogP contribution is -2.04. The Morgan fingerprint density at radius 1 is 0.619 bits per heavy atom. The number of aromatic hydroxyl groups is 2. The zero-order valence-electron chi connectivity index (χ0n) is 12.2. The van der Waals surface area contributed by atoms with Crippen LogP contribution in [0.25, 0.3) is 0 Å². The first-order chi connectivity index (χ1) is 10.2. The van der Waals surface area contributed by atoms with E-state index in [0.717, 1.165) is 6.42 Å². The summed E-state index contributed by atoms with van der Waals surface area (Å²) in [6, 6.07) is 15.4. The number of benzene rings is 2. The van der Waals surface area contributed by atoms with E-state index in [1.165, 1.54) is 36.8 Å². The molecule has 1 aliphatic carbocycles. The highest BCUT2D eigenvalue weighted by Gasteiger charge is 2.22. The normalized spacial score (nSPS) is 22.7. The fourth-order valence-electron chi connectivity index (χ4n) is 3.46. The molecule has 0 aromatic heterocycles. The minimum Gasteiger partial charge on any atom is -0.508 e. The van der Waals surface area contributed by atoms with Gasteiger partial charge in [0.25, 0.3) is 0 Å². The lowest BCUT2D eigenvalue weighted by atomic mass is 9.84. The van der Waals surface area contributed by atoms with Gasteiger partial charge in [0, 0.05) is 0 Å². The van der Waals surface area contributed by atoms with E-state index in [-0.39, 0.29) is 0 Å². The molecular formula is C19H22O2. The first-order valence-electron chi connectivity index (χ1n) is 7.80. The van der Waals surface area contributed by atoms with Crippen LogP contribution < -0.4 is 0 Å². The summed E-state index contributed by atoms with van der Waals surface area (Å²) in [5, 5.41) is 18.9. The quantitative estimate of drug-likeness (QED) is 0.767. The van der Waals surface area contributed by atoms with Crippen LogP contribution in [0.1, 0.15) is 55.1 Å². The van der Waals surface area contributed by atoms with Crippen LogP contribution in [0.5, 0.6) is 11.5 Å². The van der Waals surface area contributed by atoms with E-state index in [2.05, 4.69) is 24.3 Å². The highest BCUT2D eigenvalue weighted by Crippen LogP contribution is 2.40. The van der Waals surface area contributed by atoms with Crippen LogP contribution in [0, 0.1) is 0 Å². The summed E-state index contributed by atoms with van der Waals surface area (Å²) < 4.78 is 0. The fourth-order valence-corrected chi connectivity index (χ4v) is 3.46. The highest BCUT2D eigenvalue weighted by atomic mass is 16.3. The van der Waals surface area contributed by atoms with Crippen LogP contribution in [-0.4, -0.2) is 10.2 Å². The van der Waals surface area contributed by atoms with Gasteiger partial charge in [-0.3, -0.25) is 0 Å². The van der Waals surface area contributed by atoms with E-state index >= 15 is 0 Å². The summed E-state index contributed by atoms with van der Waals surface area (Å²) in [5.74, 6) is 1.80. The lowest BCUT2D eigenvalue weighted by Gasteiger charge is -2.21. The van der Waals surface area contributed by atoms with Gasteiger partial charge in [-0.25, -0.2) is 0 Å². The monoisotopic (exact) mass is 282 g/mol. The number of phenolic OH excluding ortho intramolecular Hbond substituents is 2. The third-order valence-corrected chi connectivity index (χ3v) is 4.65. The van der Waals surface area contributed by atoms with E-state index in [9.17, 15) is 10.2 Å². The first-order valence-corrected chi connectivity index (χ1v) is 7.80. The smallest absolute Gasteiger partial charge is 0.115 e. The maximum atomic E-state index is 9.44. The maximum Gasteiger partial charge on any atom is 0.115 e. The van der Waals surface area contributed by atoms with Gasteiger partial charge in [0.2, 0.25) is 0 Å². The molecule has 2 atom stereocenters. The predicted octanol–water partition coefficient (Wildman–Crippen LogP) is 4.93. The first kappa shape index (κ1) is 14.0. The van der Waals surface area contributed by atoms with Crippen LogP contribution in [0.3, 0.4) is 0 Å². The molecular weight excluding hydrogens is 260 g/mol. The van der Waals surface area contributed by atoms with E-state index in [4.69, 9.17) is 0 Å². The molecule has 2 nitrogen and oxygen atoms in total. The number of hydrogen-bond acceptors (Lipinski definition) is 2. The fraction of sp³-hybridized carbons (Fsp3) is 0.368. The van der Waals surface area contributed by atoms with Gasteiger partial charge in [0.05, 0.1) is 0 Å². The molecule has 0 aliphatic heterocycles. The molecule has 110 valence electrons. The van der Waals surface area contributed by atoms with Gasteiger partial charge in [0.15, 0.2) is 0 Å². The number of phenols is 2. The van der Waals surface area contributed by atoms with Gasteiger partial charge < -0.3 is 10.2 Å². The van der Waals surface area contributed by atoms with E-state index in [1.54, 1.807) is 24.3 Å². The van der Waals surface area contributed by atoms with Gasteiger partial charge in [-0.05, 0) is 66.5 Å². The van der Waals surface area contributed by atoms with Crippen LogP contribution in [0.2, 0.25) is 0 Å². The topological polar surface area (TPSA) is 40.5 Å². The SMILES string of the molecule is Oc1ccc(C2CCCCC(c3ccc(O)cc3)C2)cc1. The van der Waals surface area contributed by atoms with Crippen molar-refractivity contribution in [3.05, 3.63) is 59.7 Å². The van der Waals surface area contributed by atoms with Gasteiger partial charge >= 0.3 is 0 Å². The third-order valence-electron chi connectivity index (χ3n) is 4.65. The van der Waals surface area contributed by atoms with Crippen LogP contribution >= 0.6 is 0 Å². The molecule has 2 heteroatoms. The molecule has 3 rings (SSSR count). The van der Waals surface area contributed by atoms with Crippen molar-refractivity contribution in [2.75, 3.05) is 0 Å². The van der Waals surface area contributed by atoms with Crippen LogP contribution in [0.4, 0.5) is 0 Å². The van der Waals surface area contributed by atoms with Crippen molar-refractivity contribution in [2.45, 2.75) is 43.9 Å². The predicted molar refractivity (Wildman–Crippen MR) is 84.8 cm³/mol. The summed E-state index contributed by atoms with van der Waals surface area (Å²) >= 11 is 0. The third kappa shape index (κ3) is 3.38. The minimum absolute atomic E-state index is 0.336. The molecule has 0 spiro atoms. The second kappa shape index (κ2) is 6.21. The second-order valence-corrected chi connectivity index (χ2v) is 6.10. The molecule has 0 bridgehead atoms. The molecule has 1 fully saturated rings. The van der Waals surface area contributed by atoms with Crippen molar-refractivity contribution in [2.24, 2.45) is 0 Å². The average Bonchev–Trinajstić information content (AvgIpc) is 2.75. The van der Waals surface area contributed by atoms with Gasteiger partial charge in [-0.1, -0.05) is 37.1 Å². The zero-order valence-corrected chi connectivity index (χ0v) is 12.2. The summed E-state index contributed by atoms with van der Waals surface area (Å²) in [6.45, 7) is 0. The molecule has 2 aromatic carbocycles. The molecule has 21 heavy (non-hydrogen) atoms.